The van der Waals surface area contributed by atoms with E-state index in [0.717, 1.165) is 5.56 Å². The minimum Gasteiger partial charge on any atom is -0.496 e. The smallest absolute Gasteiger partial charge is 0.321 e. The Morgan fingerprint density at radius 1 is 1.65 bits per heavy atom. The molecule has 6 heteroatoms. The molecule has 0 aliphatic carbocycles. The Morgan fingerprint density at radius 2 is 2.35 bits per heavy atom. The molecule has 0 bridgehead atoms. The van der Waals surface area contributed by atoms with Gasteiger partial charge in [-0.3, -0.25) is 4.79 Å². The molecule has 94 valence electrons. The SMILES string of the molecule is COc1ccc(Cl)cc1CNCC(N)C(=O)O. The van der Waals surface area contributed by atoms with Crippen LogP contribution in [0.3, 0.4) is 0 Å². The van der Waals surface area contributed by atoms with Crippen LogP contribution in [0.15, 0.2) is 18.2 Å². The molecule has 1 aromatic rings. The van der Waals surface area contributed by atoms with E-state index in [0.29, 0.717) is 17.3 Å². The van der Waals surface area contributed by atoms with Crippen LogP contribution in [0.4, 0.5) is 0 Å². The fraction of sp³-hybridized carbons (Fsp3) is 0.364. The molecule has 0 aliphatic heterocycles. The van der Waals surface area contributed by atoms with Crippen LogP contribution in [-0.2, 0) is 11.3 Å². The van der Waals surface area contributed by atoms with Crippen molar-refractivity contribution in [3.8, 4) is 5.75 Å². The van der Waals surface area contributed by atoms with Crippen LogP contribution in [0.25, 0.3) is 0 Å². The van der Waals surface area contributed by atoms with Gasteiger partial charge >= 0.3 is 5.97 Å². The molecule has 1 atom stereocenters. The average Bonchev–Trinajstić information content (AvgIpc) is 2.29. The van der Waals surface area contributed by atoms with E-state index in [-0.39, 0.29) is 6.54 Å². The highest BCUT2D eigenvalue weighted by molar-refractivity contribution is 6.30. The summed E-state index contributed by atoms with van der Waals surface area (Å²) in [5.74, 6) is -0.332. The van der Waals surface area contributed by atoms with Crippen molar-refractivity contribution in [2.24, 2.45) is 5.73 Å². The maximum Gasteiger partial charge on any atom is 0.321 e. The number of rotatable bonds is 6. The second-order valence-corrected chi connectivity index (χ2v) is 3.97. The number of hydrogen-bond donors (Lipinski definition) is 3. The zero-order valence-corrected chi connectivity index (χ0v) is 10.2. The molecule has 0 radical (unpaired) electrons. The zero-order chi connectivity index (χ0) is 12.8. The maximum atomic E-state index is 10.5. The number of ether oxygens (including phenoxy) is 1. The molecule has 0 heterocycles. The van der Waals surface area contributed by atoms with Gasteiger partial charge in [0.1, 0.15) is 11.8 Å². The van der Waals surface area contributed by atoms with Crippen LogP contribution in [0.1, 0.15) is 5.56 Å². The van der Waals surface area contributed by atoms with E-state index in [1.165, 1.54) is 0 Å². The summed E-state index contributed by atoms with van der Waals surface area (Å²) in [7, 11) is 1.57. The summed E-state index contributed by atoms with van der Waals surface area (Å²) in [6.45, 7) is 0.635. The Kier molecular flexibility index (Phi) is 5.21. The number of nitrogens with two attached hydrogens (primary N) is 1. The Labute approximate surface area is 105 Å². The van der Waals surface area contributed by atoms with Crippen molar-refractivity contribution in [3.05, 3.63) is 28.8 Å². The van der Waals surface area contributed by atoms with Crippen molar-refractivity contribution in [2.45, 2.75) is 12.6 Å². The Balaban J connectivity index is 2.56. The van der Waals surface area contributed by atoms with E-state index in [1.54, 1.807) is 25.3 Å². The van der Waals surface area contributed by atoms with Crippen LogP contribution in [0.5, 0.6) is 5.75 Å². The summed E-state index contributed by atoms with van der Waals surface area (Å²) < 4.78 is 5.16. The van der Waals surface area contributed by atoms with Gasteiger partial charge < -0.3 is 20.9 Å². The predicted molar refractivity (Wildman–Crippen MR) is 65.3 cm³/mol. The molecular formula is C11H15ClN2O3. The topological polar surface area (TPSA) is 84.6 Å². The minimum atomic E-state index is -1.03. The van der Waals surface area contributed by atoms with Gasteiger partial charge in [-0.05, 0) is 18.2 Å². The number of hydrogen-bond acceptors (Lipinski definition) is 4. The fourth-order valence-corrected chi connectivity index (χ4v) is 1.53. The third-order valence-electron chi connectivity index (χ3n) is 2.24. The van der Waals surface area contributed by atoms with Crippen LogP contribution in [0, 0.1) is 0 Å². The fourth-order valence-electron chi connectivity index (χ4n) is 1.33. The molecule has 1 unspecified atom stereocenters. The van der Waals surface area contributed by atoms with E-state index in [1.807, 2.05) is 0 Å². The minimum absolute atomic E-state index is 0.186. The van der Waals surface area contributed by atoms with Gasteiger partial charge in [-0.25, -0.2) is 0 Å². The molecule has 0 fully saturated rings. The molecule has 4 N–H and O–H groups in total. The number of carboxylic acids is 1. The quantitative estimate of drug-likeness (QED) is 0.704. The second-order valence-electron chi connectivity index (χ2n) is 3.53. The van der Waals surface area contributed by atoms with E-state index >= 15 is 0 Å². The van der Waals surface area contributed by atoms with E-state index in [2.05, 4.69) is 5.32 Å². The number of carboxylic acid groups (broad SMARTS) is 1. The van der Waals surface area contributed by atoms with Gasteiger partial charge in [0.25, 0.3) is 0 Å². The lowest BCUT2D eigenvalue weighted by Crippen LogP contribution is -2.40. The number of benzene rings is 1. The van der Waals surface area contributed by atoms with Crippen molar-refractivity contribution >= 4 is 17.6 Å². The number of halogens is 1. The Bertz CT molecular complexity index is 398. The number of carbonyl (C=O) groups is 1. The lowest BCUT2D eigenvalue weighted by atomic mass is 10.2. The van der Waals surface area contributed by atoms with Crippen LogP contribution >= 0.6 is 11.6 Å². The molecule has 17 heavy (non-hydrogen) atoms. The summed E-state index contributed by atoms with van der Waals surface area (Å²) in [6, 6.07) is 4.34. The first-order chi connectivity index (χ1) is 8.04. The highest BCUT2D eigenvalue weighted by Crippen LogP contribution is 2.22. The van der Waals surface area contributed by atoms with Gasteiger partial charge in [-0.15, -0.1) is 0 Å². The van der Waals surface area contributed by atoms with Crippen molar-refractivity contribution in [3.63, 3.8) is 0 Å². The molecule has 0 aliphatic rings. The molecule has 1 aromatic carbocycles. The first kappa shape index (κ1) is 13.8. The highest BCUT2D eigenvalue weighted by atomic mass is 35.5. The van der Waals surface area contributed by atoms with Crippen LogP contribution in [0.2, 0.25) is 5.02 Å². The summed E-state index contributed by atoms with van der Waals surface area (Å²) >= 11 is 5.86. The highest BCUT2D eigenvalue weighted by Gasteiger charge is 2.11. The monoisotopic (exact) mass is 258 g/mol. The standard InChI is InChI=1S/C11H15ClN2O3/c1-17-10-3-2-8(12)4-7(10)5-14-6-9(13)11(15)16/h2-4,9,14H,5-6,13H2,1H3,(H,15,16). The first-order valence-electron chi connectivity index (χ1n) is 5.06. The summed E-state index contributed by atoms with van der Waals surface area (Å²) in [4.78, 5) is 10.5. The molecule has 0 saturated carbocycles. The third-order valence-corrected chi connectivity index (χ3v) is 2.47. The molecular weight excluding hydrogens is 244 g/mol. The molecule has 0 amide bonds. The number of methoxy groups -OCH3 is 1. The number of nitrogens with one attached hydrogen (secondary N) is 1. The van der Waals surface area contributed by atoms with Crippen molar-refractivity contribution in [2.75, 3.05) is 13.7 Å². The van der Waals surface area contributed by atoms with Crippen molar-refractivity contribution < 1.29 is 14.6 Å². The average molecular weight is 259 g/mol. The Hall–Kier alpha value is -1.30. The van der Waals surface area contributed by atoms with Gasteiger partial charge in [0, 0.05) is 23.7 Å². The largest absolute Gasteiger partial charge is 0.496 e. The van der Waals surface area contributed by atoms with E-state index < -0.39 is 12.0 Å². The molecule has 0 saturated heterocycles. The summed E-state index contributed by atoms with van der Waals surface area (Å²) in [5.41, 5.74) is 6.22. The molecule has 1 rings (SSSR count). The second kappa shape index (κ2) is 6.44. The van der Waals surface area contributed by atoms with E-state index in [9.17, 15) is 4.79 Å². The van der Waals surface area contributed by atoms with Crippen molar-refractivity contribution in [1.29, 1.82) is 0 Å². The number of aliphatic carboxylic acids is 1. The maximum absolute atomic E-state index is 10.5. The van der Waals surface area contributed by atoms with E-state index in [4.69, 9.17) is 27.2 Å². The van der Waals surface area contributed by atoms with Crippen LogP contribution < -0.4 is 15.8 Å². The lowest BCUT2D eigenvalue weighted by molar-refractivity contribution is -0.138. The van der Waals surface area contributed by atoms with Crippen molar-refractivity contribution in [1.82, 2.24) is 5.32 Å². The zero-order valence-electron chi connectivity index (χ0n) is 9.44. The summed E-state index contributed by atoms with van der Waals surface area (Å²) in [6.07, 6.45) is 0. The predicted octanol–water partition coefficient (Wildman–Crippen LogP) is 0.850. The van der Waals surface area contributed by atoms with Crippen LogP contribution in [-0.4, -0.2) is 30.8 Å². The molecule has 0 spiro atoms. The first-order valence-corrected chi connectivity index (χ1v) is 5.44. The Morgan fingerprint density at radius 3 is 2.94 bits per heavy atom. The van der Waals surface area contributed by atoms with Gasteiger partial charge in [-0.2, -0.15) is 0 Å². The molecule has 0 aromatic heterocycles. The van der Waals surface area contributed by atoms with Gasteiger partial charge in [0.2, 0.25) is 0 Å². The molecule has 5 nitrogen and oxygen atoms in total. The van der Waals surface area contributed by atoms with Gasteiger partial charge in [-0.1, -0.05) is 11.6 Å². The third kappa shape index (κ3) is 4.22. The van der Waals surface area contributed by atoms with Gasteiger partial charge in [0.05, 0.1) is 7.11 Å². The lowest BCUT2D eigenvalue weighted by Gasteiger charge is -2.11. The summed E-state index contributed by atoms with van der Waals surface area (Å²) in [5, 5.41) is 12.2. The normalized spacial score (nSPS) is 12.2. The van der Waals surface area contributed by atoms with Gasteiger partial charge in [0.15, 0.2) is 0 Å².